The number of hydrogen-bond donors (Lipinski definition) is 1. The van der Waals surface area contributed by atoms with Crippen LogP contribution in [-0.2, 0) is 4.79 Å². The molecule has 27 heavy (non-hydrogen) atoms. The maximum Gasteiger partial charge on any atom is 0.283 e. The monoisotopic (exact) mass is 370 g/mol. The van der Waals surface area contributed by atoms with Gasteiger partial charge in [-0.05, 0) is 50.2 Å². The van der Waals surface area contributed by atoms with Gasteiger partial charge in [-0.15, -0.1) is 10.2 Å². The van der Waals surface area contributed by atoms with E-state index in [1.807, 2.05) is 4.90 Å². The van der Waals surface area contributed by atoms with Gasteiger partial charge in [0.15, 0.2) is 5.76 Å². The van der Waals surface area contributed by atoms with Crippen LogP contribution in [0.4, 0.5) is 10.1 Å². The number of nitrogens with zero attached hydrogens (tertiary/aromatic N) is 3. The van der Waals surface area contributed by atoms with Crippen LogP contribution >= 0.6 is 0 Å². The predicted molar refractivity (Wildman–Crippen MR) is 95.4 cm³/mol. The molecule has 0 saturated carbocycles. The van der Waals surface area contributed by atoms with Crippen molar-refractivity contribution < 1.29 is 18.0 Å². The Kier molecular flexibility index (Phi) is 4.97. The van der Waals surface area contributed by atoms with Gasteiger partial charge in [0, 0.05) is 5.92 Å². The van der Waals surface area contributed by atoms with Gasteiger partial charge in [0.2, 0.25) is 11.8 Å². The highest BCUT2D eigenvalue weighted by molar-refractivity contribution is 5.92. The van der Waals surface area contributed by atoms with Crippen molar-refractivity contribution in [3.8, 4) is 11.7 Å². The predicted octanol–water partition coefficient (Wildman–Crippen LogP) is 3.29. The number of likely N-dealkylation sites (tertiary alicyclic amines) is 1. The van der Waals surface area contributed by atoms with Crippen LogP contribution in [0.2, 0.25) is 0 Å². The number of piperidine rings is 1. The van der Waals surface area contributed by atoms with E-state index >= 15 is 0 Å². The normalized spacial score (nSPS) is 15.7. The minimum absolute atomic E-state index is 0.159. The molecule has 1 aliphatic rings. The average Bonchev–Trinajstić information content (AvgIpc) is 3.36. The standard InChI is InChI=1S/C19H19FN4O3/c20-14-4-1-2-5-15(14)21-17(25)12-24-9-7-13(8-10-24)18-22-23-19(27-18)16-6-3-11-26-16/h1-6,11,13H,7-10,12H2,(H,21,25). The minimum atomic E-state index is -0.437. The number of halogens is 1. The van der Waals surface area contributed by atoms with Crippen molar-refractivity contribution in [2.45, 2.75) is 18.8 Å². The van der Waals surface area contributed by atoms with Gasteiger partial charge < -0.3 is 14.2 Å². The van der Waals surface area contributed by atoms with E-state index in [1.165, 1.54) is 6.07 Å². The second kappa shape index (κ2) is 7.71. The first-order valence-corrected chi connectivity index (χ1v) is 8.83. The zero-order chi connectivity index (χ0) is 18.6. The Bertz CT molecular complexity index is 901. The van der Waals surface area contributed by atoms with Crippen molar-refractivity contribution in [1.82, 2.24) is 15.1 Å². The third-order valence-corrected chi connectivity index (χ3v) is 4.62. The van der Waals surface area contributed by atoms with Gasteiger partial charge in [-0.25, -0.2) is 4.39 Å². The number of carbonyl (C=O) groups is 1. The highest BCUT2D eigenvalue weighted by atomic mass is 19.1. The molecule has 1 fully saturated rings. The lowest BCUT2D eigenvalue weighted by Gasteiger charge is -2.29. The number of furan rings is 1. The average molecular weight is 370 g/mol. The fourth-order valence-corrected chi connectivity index (χ4v) is 3.19. The third kappa shape index (κ3) is 4.06. The zero-order valence-electron chi connectivity index (χ0n) is 14.6. The maximum absolute atomic E-state index is 13.6. The number of aromatic nitrogens is 2. The van der Waals surface area contributed by atoms with Gasteiger partial charge in [-0.2, -0.15) is 0 Å². The SMILES string of the molecule is O=C(CN1CCC(c2nnc(-c3ccco3)o2)CC1)Nc1ccccc1F. The number of hydrogen-bond acceptors (Lipinski definition) is 6. The molecule has 1 N–H and O–H groups in total. The lowest BCUT2D eigenvalue weighted by atomic mass is 9.97. The number of nitrogens with one attached hydrogen (secondary N) is 1. The van der Waals surface area contributed by atoms with Gasteiger partial charge in [0.05, 0.1) is 18.5 Å². The Morgan fingerprint density at radius 2 is 2.00 bits per heavy atom. The molecule has 1 saturated heterocycles. The largest absolute Gasteiger partial charge is 0.459 e. The van der Waals surface area contributed by atoms with E-state index in [0.717, 1.165) is 25.9 Å². The fourth-order valence-electron chi connectivity index (χ4n) is 3.19. The highest BCUT2D eigenvalue weighted by Crippen LogP contribution is 2.29. The molecule has 1 aromatic carbocycles. The molecule has 7 nitrogen and oxygen atoms in total. The molecule has 1 aliphatic heterocycles. The summed E-state index contributed by atoms with van der Waals surface area (Å²) in [6.45, 7) is 1.68. The molecule has 8 heteroatoms. The fraction of sp³-hybridized carbons (Fsp3) is 0.316. The number of rotatable bonds is 5. The van der Waals surface area contributed by atoms with Gasteiger partial charge >= 0.3 is 0 Å². The summed E-state index contributed by atoms with van der Waals surface area (Å²) in [5.74, 6) is 1.02. The van der Waals surface area contributed by atoms with Crippen LogP contribution in [0, 0.1) is 5.82 Å². The molecule has 0 radical (unpaired) electrons. The van der Waals surface area contributed by atoms with Crippen molar-refractivity contribution >= 4 is 11.6 Å². The van der Waals surface area contributed by atoms with Crippen LogP contribution in [0.15, 0.2) is 51.5 Å². The third-order valence-electron chi connectivity index (χ3n) is 4.62. The molecular weight excluding hydrogens is 351 g/mol. The summed E-state index contributed by atoms with van der Waals surface area (Å²) in [7, 11) is 0. The first-order chi connectivity index (χ1) is 13.2. The first kappa shape index (κ1) is 17.4. The van der Waals surface area contributed by atoms with Crippen LogP contribution < -0.4 is 5.32 Å². The van der Waals surface area contributed by atoms with Crippen LogP contribution in [0.5, 0.6) is 0 Å². The molecule has 2 aromatic heterocycles. The summed E-state index contributed by atoms with van der Waals surface area (Å²) in [5.41, 5.74) is 0.203. The number of carbonyl (C=O) groups excluding carboxylic acids is 1. The second-order valence-corrected chi connectivity index (χ2v) is 6.50. The second-order valence-electron chi connectivity index (χ2n) is 6.50. The molecule has 0 aliphatic carbocycles. The van der Waals surface area contributed by atoms with Crippen LogP contribution in [0.3, 0.4) is 0 Å². The Morgan fingerprint density at radius 3 is 2.74 bits per heavy atom. The first-order valence-electron chi connectivity index (χ1n) is 8.83. The lowest BCUT2D eigenvalue weighted by molar-refractivity contribution is -0.117. The summed E-state index contributed by atoms with van der Waals surface area (Å²) in [6.07, 6.45) is 3.18. The number of benzene rings is 1. The van der Waals surface area contributed by atoms with E-state index in [1.54, 1.807) is 36.6 Å². The van der Waals surface area contributed by atoms with E-state index in [4.69, 9.17) is 8.83 Å². The van der Waals surface area contributed by atoms with E-state index in [2.05, 4.69) is 15.5 Å². The van der Waals surface area contributed by atoms with Crippen molar-refractivity contribution in [3.63, 3.8) is 0 Å². The van der Waals surface area contributed by atoms with E-state index in [9.17, 15) is 9.18 Å². The zero-order valence-corrected chi connectivity index (χ0v) is 14.6. The molecule has 0 atom stereocenters. The topological polar surface area (TPSA) is 84.4 Å². The van der Waals surface area contributed by atoms with E-state index < -0.39 is 5.82 Å². The number of anilines is 1. The lowest BCUT2D eigenvalue weighted by Crippen LogP contribution is -2.38. The Morgan fingerprint density at radius 1 is 1.19 bits per heavy atom. The minimum Gasteiger partial charge on any atom is -0.459 e. The Balaban J connectivity index is 1.29. The molecule has 3 heterocycles. The number of para-hydroxylation sites is 1. The van der Waals surface area contributed by atoms with Gasteiger partial charge in [-0.3, -0.25) is 9.69 Å². The summed E-state index contributed by atoms with van der Waals surface area (Å²) in [5, 5.41) is 10.8. The quantitative estimate of drug-likeness (QED) is 0.742. The van der Waals surface area contributed by atoms with E-state index in [0.29, 0.717) is 17.5 Å². The van der Waals surface area contributed by atoms with Crippen molar-refractivity contribution in [1.29, 1.82) is 0 Å². The van der Waals surface area contributed by atoms with Gasteiger partial charge in [-0.1, -0.05) is 12.1 Å². The van der Waals surface area contributed by atoms with Gasteiger partial charge in [0.1, 0.15) is 5.82 Å². The van der Waals surface area contributed by atoms with E-state index in [-0.39, 0.29) is 24.1 Å². The van der Waals surface area contributed by atoms with Crippen LogP contribution in [0.25, 0.3) is 11.7 Å². The van der Waals surface area contributed by atoms with Crippen LogP contribution in [0.1, 0.15) is 24.7 Å². The molecule has 0 spiro atoms. The Labute approximate surface area is 155 Å². The van der Waals surface area contributed by atoms with Crippen molar-refractivity contribution in [2.75, 3.05) is 25.0 Å². The van der Waals surface area contributed by atoms with Gasteiger partial charge in [0.25, 0.3) is 5.89 Å². The molecule has 0 unspecified atom stereocenters. The Hall–Kier alpha value is -3.00. The smallest absolute Gasteiger partial charge is 0.283 e. The number of amides is 1. The molecule has 4 rings (SSSR count). The summed E-state index contributed by atoms with van der Waals surface area (Å²) in [4.78, 5) is 14.2. The molecule has 3 aromatic rings. The van der Waals surface area contributed by atoms with Crippen molar-refractivity contribution in [3.05, 3.63) is 54.4 Å². The summed E-state index contributed by atoms with van der Waals surface area (Å²) >= 11 is 0. The maximum atomic E-state index is 13.6. The molecule has 0 bridgehead atoms. The molecule has 140 valence electrons. The highest BCUT2D eigenvalue weighted by Gasteiger charge is 2.26. The van der Waals surface area contributed by atoms with Crippen molar-refractivity contribution in [2.24, 2.45) is 0 Å². The summed E-state index contributed by atoms with van der Waals surface area (Å²) < 4.78 is 24.6. The summed E-state index contributed by atoms with van der Waals surface area (Å²) in [6, 6.07) is 9.68. The van der Waals surface area contributed by atoms with Crippen LogP contribution in [-0.4, -0.2) is 40.6 Å². The molecular formula is C19H19FN4O3. The molecule has 1 amide bonds.